The van der Waals surface area contributed by atoms with Crippen LogP contribution in [0.2, 0.25) is 0 Å². The van der Waals surface area contributed by atoms with E-state index < -0.39 is 0 Å². The van der Waals surface area contributed by atoms with E-state index in [0.29, 0.717) is 0 Å². The van der Waals surface area contributed by atoms with Crippen LogP contribution in [-0.2, 0) is 31.3 Å². The maximum absolute atomic E-state index is 7.50. The summed E-state index contributed by atoms with van der Waals surface area (Å²) in [4.78, 5) is 0. The van der Waals surface area contributed by atoms with Crippen LogP contribution in [0.4, 0.5) is 0 Å². The molecule has 50 valence electrons. The van der Waals surface area contributed by atoms with E-state index in [9.17, 15) is 0 Å². The van der Waals surface area contributed by atoms with Gasteiger partial charge >= 0.3 is 60.9 Å². The number of hydrogen-bond donors (Lipinski definition) is 0. The van der Waals surface area contributed by atoms with Crippen LogP contribution in [-0.4, -0.2) is 5.48 Å². The molecule has 0 bridgehead atoms. The van der Waals surface area contributed by atoms with E-state index >= 15 is 0 Å². The van der Waals surface area contributed by atoms with Crippen LogP contribution in [0.5, 0.6) is 0 Å². The standard InChI is InChI=1S/3CO.ClH.H2O.Ru/c3*1-2;;;/h;;;1H;1H2;/q;;;;;+4/p-1. The molecule has 0 radical (unpaired) electrons. The van der Waals surface area contributed by atoms with Gasteiger partial charge in [0, 0.05) is 0 Å². The Morgan fingerprint density at radius 2 is 0.778 bits per heavy atom. The fraction of sp³-hybridized carbons (Fsp3) is 0. The fourth-order valence-corrected chi connectivity index (χ4v) is 0. The Balaban J connectivity index is -0.00000000762. The normalized spacial score (nSPS) is 1.22. The molecule has 0 spiro atoms. The van der Waals surface area contributed by atoms with E-state index in [1.54, 1.807) is 0 Å². The third-order valence-corrected chi connectivity index (χ3v) is 0. The molecule has 0 aliphatic carbocycles. The van der Waals surface area contributed by atoms with Crippen molar-refractivity contribution >= 4 is 9.69 Å². The molecular weight excluding hydrogens is 237 g/mol. The molecule has 6 heteroatoms. The SMILES string of the molecule is O.[C-]#[O+].[C-]#[O+].[C-]#[O+].[Cl][Ru+3]. The van der Waals surface area contributed by atoms with E-state index in [0.717, 1.165) is 0 Å². The van der Waals surface area contributed by atoms with Crippen molar-refractivity contribution in [2.24, 2.45) is 0 Å². The molecule has 0 aromatic heterocycles. The molecule has 9 heavy (non-hydrogen) atoms. The van der Waals surface area contributed by atoms with Gasteiger partial charge in [0.05, 0.1) is 0 Å². The third kappa shape index (κ3) is 34500. The van der Waals surface area contributed by atoms with Crippen molar-refractivity contribution < 1.29 is 36.7 Å². The summed E-state index contributed by atoms with van der Waals surface area (Å²) in [6, 6.07) is 0. The second-order valence-corrected chi connectivity index (χ2v) is 0. The third-order valence-electron chi connectivity index (χ3n) is 0. The van der Waals surface area contributed by atoms with Crippen LogP contribution in [0.1, 0.15) is 0 Å². The Morgan fingerprint density at radius 1 is 0.778 bits per heavy atom. The molecule has 0 aromatic rings. The number of halogens is 1. The minimum absolute atomic E-state index is 0. The first kappa shape index (κ1) is 35.5. The Labute approximate surface area is 66.8 Å². The molecule has 4 nitrogen and oxygen atoms in total. The molecule has 0 saturated carbocycles. The molecule has 0 aliphatic heterocycles. The van der Waals surface area contributed by atoms with Gasteiger partial charge in [0.2, 0.25) is 0 Å². The van der Waals surface area contributed by atoms with E-state index in [2.05, 4.69) is 29.6 Å². The summed E-state index contributed by atoms with van der Waals surface area (Å²) in [6.45, 7) is 13.5. The molecule has 0 atom stereocenters. The zero-order valence-electron chi connectivity index (χ0n) is 3.96. The van der Waals surface area contributed by atoms with Gasteiger partial charge in [0.15, 0.2) is 0 Å². The Kier molecular flexibility index (Phi) is 184000. The average molecular weight is 239 g/mol. The molecule has 2 N–H and O–H groups in total. The molecule has 0 aliphatic rings. The Morgan fingerprint density at radius 3 is 0.778 bits per heavy atom. The van der Waals surface area contributed by atoms with Crippen molar-refractivity contribution in [1.29, 1.82) is 0 Å². The average Bonchev–Trinajstić information content (AvgIpc) is 2.03. The van der Waals surface area contributed by atoms with E-state index in [-0.39, 0.29) is 5.48 Å². The predicted octanol–water partition coefficient (Wildman–Crippen LogP) is -0.250. The summed E-state index contributed by atoms with van der Waals surface area (Å²) >= 11 is 1.82. The molecule has 0 amide bonds. The second-order valence-electron chi connectivity index (χ2n) is 0. The summed E-state index contributed by atoms with van der Waals surface area (Å²) in [5.74, 6) is 0. The first-order valence-corrected chi connectivity index (χ1v) is 2.98. The molecular formula is C3H2ClO4Ru+3. The fourth-order valence-electron chi connectivity index (χ4n) is 0. The van der Waals surface area contributed by atoms with E-state index in [1.165, 1.54) is 0 Å². The zero-order chi connectivity index (χ0) is 8.00. The second kappa shape index (κ2) is 46700. The van der Waals surface area contributed by atoms with Gasteiger partial charge in [-0.15, -0.1) is 0 Å². The van der Waals surface area contributed by atoms with Gasteiger partial charge in [-0.05, 0) is 0 Å². The van der Waals surface area contributed by atoms with Gasteiger partial charge in [-0.25, -0.2) is 0 Å². The maximum atomic E-state index is 7.50. The first-order valence-electron chi connectivity index (χ1n) is 0.746. The quantitative estimate of drug-likeness (QED) is 0.316. The van der Waals surface area contributed by atoms with Crippen LogP contribution in [0.25, 0.3) is 0 Å². The Hall–Kier alpha value is 0.0934. The van der Waals surface area contributed by atoms with Gasteiger partial charge < -0.3 is 5.48 Å². The molecule has 0 aromatic carbocycles. The summed E-state index contributed by atoms with van der Waals surface area (Å²) in [5, 5.41) is 0. The zero-order valence-corrected chi connectivity index (χ0v) is 6.45. The van der Waals surface area contributed by atoms with Crippen molar-refractivity contribution in [3.8, 4) is 0 Å². The van der Waals surface area contributed by atoms with Crippen LogP contribution in [0.3, 0.4) is 0 Å². The van der Waals surface area contributed by atoms with Gasteiger partial charge in [-0.3, -0.25) is 0 Å². The van der Waals surface area contributed by atoms with Crippen molar-refractivity contribution in [1.82, 2.24) is 0 Å². The number of hydrogen-bond acceptors (Lipinski definition) is 0. The van der Waals surface area contributed by atoms with Crippen molar-refractivity contribution in [3.05, 3.63) is 20.0 Å². The first-order chi connectivity index (χ1) is 4.00. The van der Waals surface area contributed by atoms with Gasteiger partial charge in [-0.2, -0.15) is 0 Å². The Bertz CT molecular complexity index is 44.3. The monoisotopic (exact) mass is 239 g/mol. The van der Waals surface area contributed by atoms with Gasteiger partial charge in [0.1, 0.15) is 0 Å². The predicted molar refractivity (Wildman–Crippen MR) is 21.3 cm³/mol. The van der Waals surface area contributed by atoms with Crippen LogP contribution in [0.15, 0.2) is 0 Å². The molecule has 0 heterocycles. The summed E-state index contributed by atoms with van der Waals surface area (Å²) in [7, 11) is 4.57. The topological polar surface area (TPSA) is 91.2 Å². The number of rotatable bonds is 0. The van der Waals surface area contributed by atoms with E-state index in [1.807, 2.05) is 17.3 Å². The summed E-state index contributed by atoms with van der Waals surface area (Å²) in [5.41, 5.74) is 0. The molecule has 0 unspecified atom stereocenters. The minimum atomic E-state index is 0. The molecule has 0 saturated heterocycles. The van der Waals surface area contributed by atoms with Crippen LogP contribution >= 0.6 is 9.69 Å². The van der Waals surface area contributed by atoms with E-state index in [4.69, 9.17) is 14.0 Å². The molecule has 0 fully saturated rings. The molecule has 0 rings (SSSR count). The van der Waals surface area contributed by atoms with Gasteiger partial charge in [-0.1, -0.05) is 0 Å². The summed E-state index contributed by atoms with van der Waals surface area (Å²) < 4.78 is 22.5. The van der Waals surface area contributed by atoms with Crippen LogP contribution in [0, 0.1) is 20.0 Å². The van der Waals surface area contributed by atoms with Gasteiger partial charge in [0.25, 0.3) is 0 Å². The van der Waals surface area contributed by atoms with Crippen molar-refractivity contribution in [2.45, 2.75) is 0 Å². The summed E-state index contributed by atoms with van der Waals surface area (Å²) in [6.07, 6.45) is 0. The van der Waals surface area contributed by atoms with Crippen molar-refractivity contribution in [3.63, 3.8) is 0 Å². The van der Waals surface area contributed by atoms with Crippen molar-refractivity contribution in [2.75, 3.05) is 0 Å². The van der Waals surface area contributed by atoms with Crippen LogP contribution < -0.4 is 0 Å².